The van der Waals surface area contributed by atoms with Crippen molar-refractivity contribution < 1.29 is 4.79 Å². The number of carbonyl (C=O) groups excluding carboxylic acids is 1. The normalized spacial score (nSPS) is 12.0. The first-order valence-electron chi connectivity index (χ1n) is 9.60. The molecule has 0 aliphatic rings. The maximum Gasteiger partial charge on any atom is 0.267 e. The molecule has 2 aromatic heterocycles. The molecule has 2 heterocycles. The molecule has 0 radical (unpaired) electrons. The van der Waals surface area contributed by atoms with Crippen LogP contribution in [0.5, 0.6) is 0 Å². The lowest BCUT2D eigenvalue weighted by atomic mass is 10.2. The number of benzene rings is 2. The fraction of sp³-hybridized carbons (Fsp3) is 0.130. The van der Waals surface area contributed by atoms with E-state index in [0.29, 0.717) is 32.6 Å². The molecule has 0 aliphatic heterocycles. The number of carbonyl (C=O) groups is 1. The maximum atomic E-state index is 13.3. The fourth-order valence-corrected chi connectivity index (χ4v) is 4.02. The number of rotatable bonds is 5. The Morgan fingerprint density at radius 1 is 1.10 bits per heavy atom. The number of pyridine rings is 1. The highest BCUT2D eigenvalue weighted by Crippen LogP contribution is 2.25. The molecular formula is C23H19ClN4O2S. The van der Waals surface area contributed by atoms with Gasteiger partial charge in [-0.05, 0) is 61.9 Å². The van der Waals surface area contributed by atoms with Crippen LogP contribution >= 0.6 is 23.4 Å². The van der Waals surface area contributed by atoms with Gasteiger partial charge in [-0.25, -0.2) is 14.5 Å². The number of aromatic nitrogens is 3. The molecule has 0 saturated heterocycles. The van der Waals surface area contributed by atoms with Gasteiger partial charge >= 0.3 is 0 Å². The lowest BCUT2D eigenvalue weighted by molar-refractivity contribution is -0.115. The predicted octanol–water partition coefficient (Wildman–Crippen LogP) is 4.86. The fourth-order valence-electron chi connectivity index (χ4n) is 2.97. The highest BCUT2D eigenvalue weighted by atomic mass is 35.5. The number of para-hydroxylation sites is 1. The van der Waals surface area contributed by atoms with Crippen LogP contribution in [0.3, 0.4) is 0 Å². The van der Waals surface area contributed by atoms with E-state index in [0.717, 1.165) is 5.56 Å². The van der Waals surface area contributed by atoms with Crippen LogP contribution in [0, 0.1) is 6.92 Å². The Labute approximate surface area is 188 Å². The Morgan fingerprint density at radius 3 is 2.55 bits per heavy atom. The molecule has 0 fully saturated rings. The van der Waals surface area contributed by atoms with Gasteiger partial charge in [-0.1, -0.05) is 41.6 Å². The van der Waals surface area contributed by atoms with Gasteiger partial charge in [0, 0.05) is 16.9 Å². The second kappa shape index (κ2) is 8.91. The molecule has 156 valence electrons. The quantitative estimate of drug-likeness (QED) is 0.347. The second-order valence-corrected chi connectivity index (χ2v) is 8.75. The molecule has 4 aromatic rings. The summed E-state index contributed by atoms with van der Waals surface area (Å²) in [5.74, 6) is 0.250. The van der Waals surface area contributed by atoms with E-state index in [1.54, 1.807) is 61.7 Å². The van der Waals surface area contributed by atoms with Gasteiger partial charge < -0.3 is 5.32 Å². The number of thioether (sulfide) groups is 1. The van der Waals surface area contributed by atoms with E-state index < -0.39 is 5.25 Å². The molecule has 1 amide bonds. The van der Waals surface area contributed by atoms with Crippen molar-refractivity contribution in [2.24, 2.45) is 0 Å². The molecule has 0 bridgehead atoms. The Hall–Kier alpha value is -3.16. The number of hydrogen-bond acceptors (Lipinski definition) is 5. The maximum absolute atomic E-state index is 13.3. The Kier molecular flexibility index (Phi) is 6.06. The first kappa shape index (κ1) is 21.1. The summed E-state index contributed by atoms with van der Waals surface area (Å²) in [6.45, 7) is 3.70. The summed E-state index contributed by atoms with van der Waals surface area (Å²) in [5.41, 5.74) is 1.97. The average molecular weight is 451 g/mol. The molecule has 8 heteroatoms. The van der Waals surface area contributed by atoms with E-state index in [1.165, 1.54) is 16.3 Å². The van der Waals surface area contributed by atoms with Gasteiger partial charge in [0.1, 0.15) is 5.82 Å². The number of aryl methyl sites for hydroxylation is 1. The van der Waals surface area contributed by atoms with Gasteiger partial charge in [0.15, 0.2) is 5.16 Å². The molecule has 4 rings (SSSR count). The topological polar surface area (TPSA) is 76.9 Å². The van der Waals surface area contributed by atoms with Crippen LogP contribution in [0.15, 0.2) is 76.8 Å². The predicted molar refractivity (Wildman–Crippen MR) is 125 cm³/mol. The van der Waals surface area contributed by atoms with E-state index in [9.17, 15) is 9.59 Å². The Balaban J connectivity index is 1.71. The number of amides is 1. The van der Waals surface area contributed by atoms with E-state index in [4.69, 9.17) is 11.6 Å². The minimum Gasteiger partial charge on any atom is -0.325 e. The van der Waals surface area contributed by atoms with Gasteiger partial charge in [-0.2, -0.15) is 0 Å². The summed E-state index contributed by atoms with van der Waals surface area (Å²) in [4.78, 5) is 35.1. The lowest BCUT2D eigenvalue weighted by Gasteiger charge is -2.16. The minimum atomic E-state index is -0.513. The van der Waals surface area contributed by atoms with E-state index in [1.807, 2.05) is 19.1 Å². The van der Waals surface area contributed by atoms with Crippen molar-refractivity contribution in [3.8, 4) is 5.82 Å². The van der Waals surface area contributed by atoms with Crippen LogP contribution in [0.2, 0.25) is 5.02 Å². The minimum absolute atomic E-state index is 0.210. The molecule has 0 saturated carbocycles. The smallest absolute Gasteiger partial charge is 0.267 e. The van der Waals surface area contributed by atoms with E-state index in [2.05, 4.69) is 15.3 Å². The van der Waals surface area contributed by atoms with Gasteiger partial charge in [0.25, 0.3) is 5.56 Å². The summed E-state index contributed by atoms with van der Waals surface area (Å²) < 4.78 is 1.46. The number of hydrogen-bond donors (Lipinski definition) is 1. The average Bonchev–Trinajstić information content (AvgIpc) is 2.76. The van der Waals surface area contributed by atoms with Crippen molar-refractivity contribution in [2.45, 2.75) is 24.3 Å². The number of nitrogens with zero attached hydrogens (tertiary/aromatic N) is 3. The highest BCUT2D eigenvalue weighted by molar-refractivity contribution is 8.00. The van der Waals surface area contributed by atoms with Gasteiger partial charge in [-0.15, -0.1) is 0 Å². The largest absolute Gasteiger partial charge is 0.325 e. The Morgan fingerprint density at radius 2 is 1.84 bits per heavy atom. The molecule has 1 unspecified atom stereocenters. The van der Waals surface area contributed by atoms with Gasteiger partial charge in [0.2, 0.25) is 5.91 Å². The van der Waals surface area contributed by atoms with E-state index >= 15 is 0 Å². The first-order valence-corrected chi connectivity index (χ1v) is 10.9. The molecule has 2 aromatic carbocycles. The zero-order valence-electron chi connectivity index (χ0n) is 16.9. The van der Waals surface area contributed by atoms with Crippen LogP contribution in [0.4, 0.5) is 5.69 Å². The van der Waals surface area contributed by atoms with Crippen molar-refractivity contribution in [1.82, 2.24) is 14.5 Å². The molecule has 1 N–H and O–H groups in total. The SMILES string of the molecule is Cc1ccc(-n2c(SC(C)C(=O)Nc3ccc(Cl)cc3)nc3ccccc3c2=O)nc1. The van der Waals surface area contributed by atoms with Gasteiger partial charge in [0.05, 0.1) is 16.2 Å². The van der Waals surface area contributed by atoms with Crippen LogP contribution in [-0.2, 0) is 4.79 Å². The molecule has 1 atom stereocenters. The number of nitrogens with one attached hydrogen (secondary N) is 1. The number of anilines is 1. The molecule has 31 heavy (non-hydrogen) atoms. The zero-order valence-corrected chi connectivity index (χ0v) is 18.4. The summed E-state index contributed by atoms with van der Waals surface area (Å²) in [6, 6.07) is 17.7. The third-order valence-corrected chi connectivity index (χ3v) is 5.94. The summed E-state index contributed by atoms with van der Waals surface area (Å²) in [7, 11) is 0. The first-order chi connectivity index (χ1) is 14.9. The third kappa shape index (κ3) is 4.62. The van der Waals surface area contributed by atoms with Crippen LogP contribution in [0.1, 0.15) is 12.5 Å². The zero-order chi connectivity index (χ0) is 22.0. The summed E-state index contributed by atoms with van der Waals surface area (Å²) >= 11 is 7.11. The number of fused-ring (bicyclic) bond motifs is 1. The van der Waals surface area contributed by atoms with Crippen LogP contribution in [0.25, 0.3) is 16.7 Å². The van der Waals surface area contributed by atoms with E-state index in [-0.39, 0.29) is 11.5 Å². The Bertz CT molecular complexity index is 1300. The monoisotopic (exact) mass is 450 g/mol. The summed E-state index contributed by atoms with van der Waals surface area (Å²) in [5, 5.41) is 3.83. The second-order valence-electron chi connectivity index (χ2n) is 7.00. The molecule has 6 nitrogen and oxygen atoms in total. The van der Waals surface area contributed by atoms with Crippen LogP contribution in [-0.4, -0.2) is 25.7 Å². The van der Waals surface area contributed by atoms with Gasteiger partial charge in [-0.3, -0.25) is 9.59 Å². The standard InChI is InChI=1S/C23H19ClN4O2S/c1-14-7-12-20(25-13-14)28-22(30)18-5-3-4-6-19(18)27-23(28)31-15(2)21(29)26-17-10-8-16(24)9-11-17/h3-13,15H,1-2H3,(H,26,29). The van der Waals surface area contributed by atoms with Crippen molar-refractivity contribution in [1.29, 1.82) is 0 Å². The molecular weight excluding hydrogens is 432 g/mol. The van der Waals surface area contributed by atoms with Crippen molar-refractivity contribution in [3.63, 3.8) is 0 Å². The highest BCUT2D eigenvalue weighted by Gasteiger charge is 2.21. The molecule has 0 spiro atoms. The van der Waals surface area contributed by atoms with Crippen molar-refractivity contribution in [3.05, 3.63) is 87.8 Å². The summed E-state index contributed by atoms with van der Waals surface area (Å²) in [6.07, 6.45) is 1.70. The third-order valence-electron chi connectivity index (χ3n) is 4.63. The van der Waals surface area contributed by atoms with Crippen molar-refractivity contribution >= 4 is 45.9 Å². The molecule has 0 aliphatic carbocycles. The lowest BCUT2D eigenvalue weighted by Crippen LogP contribution is -2.26. The van der Waals surface area contributed by atoms with Crippen molar-refractivity contribution in [2.75, 3.05) is 5.32 Å². The number of halogens is 1. The van der Waals surface area contributed by atoms with Crippen LogP contribution < -0.4 is 10.9 Å².